The zero-order valence-electron chi connectivity index (χ0n) is 8.06. The lowest BCUT2D eigenvalue weighted by Gasteiger charge is -1.95. The first-order valence-corrected chi connectivity index (χ1v) is 5.53. The third kappa shape index (κ3) is 1.24. The van der Waals surface area contributed by atoms with Crippen LogP contribution in [0.3, 0.4) is 0 Å². The molecule has 5 heteroatoms. The molecule has 76 valence electrons. The molecule has 0 aromatic carbocycles. The summed E-state index contributed by atoms with van der Waals surface area (Å²) in [5, 5.41) is 11.4. The average molecular weight is 219 g/mol. The standard InChI is InChI=1S/C10H9N3OS/c1-5(14)10-12-7-4-11-6-2-3-15-9(6)8(7)13-10/h2-5,14H,1H3,(H,12,13). The Morgan fingerprint density at radius 1 is 1.53 bits per heavy atom. The van der Waals surface area contributed by atoms with Crippen molar-refractivity contribution in [3.05, 3.63) is 23.5 Å². The van der Waals surface area contributed by atoms with Crippen LogP contribution in [-0.4, -0.2) is 20.1 Å². The molecular formula is C10H9N3OS. The predicted octanol–water partition coefficient (Wildman–Crippen LogP) is 2.23. The smallest absolute Gasteiger partial charge is 0.136 e. The lowest BCUT2D eigenvalue weighted by molar-refractivity contribution is 0.190. The van der Waals surface area contributed by atoms with Crippen LogP contribution in [0.2, 0.25) is 0 Å². The fourth-order valence-corrected chi connectivity index (χ4v) is 2.43. The lowest BCUT2D eigenvalue weighted by Crippen LogP contribution is -1.92. The fourth-order valence-electron chi connectivity index (χ4n) is 1.59. The number of aliphatic hydroxyl groups is 1. The molecule has 1 unspecified atom stereocenters. The number of aliphatic hydroxyl groups excluding tert-OH is 1. The van der Waals surface area contributed by atoms with E-state index in [4.69, 9.17) is 0 Å². The van der Waals surface area contributed by atoms with Crippen LogP contribution >= 0.6 is 11.3 Å². The van der Waals surface area contributed by atoms with Gasteiger partial charge in [-0.2, -0.15) is 0 Å². The molecule has 3 rings (SSSR count). The number of nitrogens with one attached hydrogen (secondary N) is 1. The molecule has 0 aliphatic rings. The van der Waals surface area contributed by atoms with Crippen molar-refractivity contribution < 1.29 is 5.11 Å². The highest BCUT2D eigenvalue weighted by molar-refractivity contribution is 7.18. The fraction of sp³-hybridized carbons (Fsp3) is 0.200. The monoisotopic (exact) mass is 219 g/mol. The Bertz CT molecular complexity index is 626. The third-order valence-electron chi connectivity index (χ3n) is 2.34. The molecule has 0 aliphatic heterocycles. The van der Waals surface area contributed by atoms with Gasteiger partial charge in [0.05, 0.1) is 21.9 Å². The molecule has 0 amide bonds. The molecule has 0 saturated carbocycles. The first-order chi connectivity index (χ1) is 7.25. The van der Waals surface area contributed by atoms with Gasteiger partial charge in [0.25, 0.3) is 0 Å². The Hall–Kier alpha value is -1.46. The van der Waals surface area contributed by atoms with E-state index >= 15 is 0 Å². The average Bonchev–Trinajstić information content (AvgIpc) is 2.82. The van der Waals surface area contributed by atoms with Crippen molar-refractivity contribution >= 4 is 32.6 Å². The van der Waals surface area contributed by atoms with Crippen LogP contribution in [0.15, 0.2) is 17.6 Å². The summed E-state index contributed by atoms with van der Waals surface area (Å²) >= 11 is 1.62. The van der Waals surface area contributed by atoms with Gasteiger partial charge in [-0.05, 0) is 18.4 Å². The molecule has 15 heavy (non-hydrogen) atoms. The molecule has 0 saturated heterocycles. The number of H-pyrrole nitrogens is 1. The van der Waals surface area contributed by atoms with Gasteiger partial charge in [-0.3, -0.25) is 4.98 Å². The van der Waals surface area contributed by atoms with Crippen LogP contribution in [0, 0.1) is 0 Å². The van der Waals surface area contributed by atoms with Crippen LogP contribution in [0.5, 0.6) is 0 Å². The molecule has 0 spiro atoms. The number of thiophene rings is 1. The van der Waals surface area contributed by atoms with Gasteiger partial charge in [0.1, 0.15) is 17.4 Å². The molecule has 3 heterocycles. The quantitative estimate of drug-likeness (QED) is 0.659. The maximum absolute atomic E-state index is 9.44. The number of hydrogen-bond acceptors (Lipinski definition) is 4. The second kappa shape index (κ2) is 3.01. The zero-order chi connectivity index (χ0) is 10.4. The van der Waals surface area contributed by atoms with Gasteiger partial charge < -0.3 is 10.1 Å². The predicted molar refractivity (Wildman–Crippen MR) is 59.9 cm³/mol. The Morgan fingerprint density at radius 3 is 3.20 bits per heavy atom. The molecule has 3 aromatic heterocycles. The number of hydrogen-bond donors (Lipinski definition) is 2. The topological polar surface area (TPSA) is 61.8 Å². The van der Waals surface area contributed by atoms with Crippen molar-refractivity contribution in [3.63, 3.8) is 0 Å². The number of nitrogens with zero attached hydrogens (tertiary/aromatic N) is 2. The number of imidazole rings is 1. The summed E-state index contributed by atoms with van der Waals surface area (Å²) in [6, 6.07) is 1.97. The largest absolute Gasteiger partial charge is 0.385 e. The summed E-state index contributed by atoms with van der Waals surface area (Å²) in [5.74, 6) is 0.590. The SMILES string of the molecule is CC(O)c1nc2c(cnc3ccsc32)[nH]1. The van der Waals surface area contributed by atoms with Crippen LogP contribution in [0.1, 0.15) is 18.9 Å². The van der Waals surface area contributed by atoms with Crippen LogP contribution in [0.4, 0.5) is 0 Å². The van der Waals surface area contributed by atoms with Crippen molar-refractivity contribution in [1.29, 1.82) is 0 Å². The summed E-state index contributed by atoms with van der Waals surface area (Å²) in [5.41, 5.74) is 2.72. The van der Waals surface area contributed by atoms with E-state index in [-0.39, 0.29) is 0 Å². The Kier molecular flexibility index (Phi) is 1.77. The normalized spacial score (nSPS) is 13.7. The van der Waals surface area contributed by atoms with E-state index in [9.17, 15) is 5.11 Å². The molecule has 2 N–H and O–H groups in total. The van der Waals surface area contributed by atoms with Gasteiger partial charge in [0, 0.05) is 0 Å². The van der Waals surface area contributed by atoms with Crippen molar-refractivity contribution in [2.45, 2.75) is 13.0 Å². The summed E-state index contributed by atoms with van der Waals surface area (Å²) in [6.45, 7) is 1.69. The summed E-state index contributed by atoms with van der Waals surface area (Å²) in [7, 11) is 0. The maximum atomic E-state index is 9.44. The maximum Gasteiger partial charge on any atom is 0.136 e. The van der Waals surface area contributed by atoms with Crippen molar-refractivity contribution in [3.8, 4) is 0 Å². The van der Waals surface area contributed by atoms with E-state index in [1.165, 1.54) is 0 Å². The Balaban J connectivity index is 2.41. The van der Waals surface area contributed by atoms with Crippen LogP contribution in [-0.2, 0) is 0 Å². The molecule has 0 bridgehead atoms. The van der Waals surface area contributed by atoms with Crippen LogP contribution in [0.25, 0.3) is 21.3 Å². The number of aromatic amines is 1. The highest BCUT2D eigenvalue weighted by Gasteiger charge is 2.11. The molecule has 3 aromatic rings. The van der Waals surface area contributed by atoms with Gasteiger partial charge in [-0.1, -0.05) is 0 Å². The van der Waals surface area contributed by atoms with Gasteiger partial charge in [0.15, 0.2) is 0 Å². The number of rotatable bonds is 1. The van der Waals surface area contributed by atoms with Crippen LogP contribution < -0.4 is 0 Å². The van der Waals surface area contributed by atoms with Crippen molar-refractivity contribution in [2.75, 3.05) is 0 Å². The summed E-state index contributed by atoms with van der Waals surface area (Å²) in [4.78, 5) is 11.7. The lowest BCUT2D eigenvalue weighted by atomic mass is 10.3. The van der Waals surface area contributed by atoms with Gasteiger partial charge in [-0.25, -0.2) is 4.98 Å². The molecule has 0 aliphatic carbocycles. The van der Waals surface area contributed by atoms with E-state index in [1.54, 1.807) is 24.5 Å². The number of aromatic nitrogens is 3. The summed E-state index contributed by atoms with van der Waals surface area (Å²) in [6.07, 6.45) is 1.18. The number of pyridine rings is 1. The van der Waals surface area contributed by atoms with Gasteiger partial charge in [0.2, 0.25) is 0 Å². The molecule has 4 nitrogen and oxygen atoms in total. The highest BCUT2D eigenvalue weighted by Crippen LogP contribution is 2.27. The molecule has 1 atom stereocenters. The van der Waals surface area contributed by atoms with Gasteiger partial charge in [-0.15, -0.1) is 11.3 Å². The minimum atomic E-state index is -0.576. The molecule has 0 radical (unpaired) electrons. The Morgan fingerprint density at radius 2 is 2.40 bits per heavy atom. The second-order valence-corrected chi connectivity index (χ2v) is 4.37. The van der Waals surface area contributed by atoms with E-state index in [1.807, 2.05) is 11.4 Å². The third-order valence-corrected chi connectivity index (χ3v) is 3.25. The van der Waals surface area contributed by atoms with E-state index in [0.717, 1.165) is 21.3 Å². The van der Waals surface area contributed by atoms with E-state index in [0.29, 0.717) is 5.82 Å². The van der Waals surface area contributed by atoms with Gasteiger partial charge >= 0.3 is 0 Å². The molecule has 0 fully saturated rings. The first-order valence-electron chi connectivity index (χ1n) is 4.65. The highest BCUT2D eigenvalue weighted by atomic mass is 32.1. The van der Waals surface area contributed by atoms with Crippen molar-refractivity contribution in [2.24, 2.45) is 0 Å². The minimum Gasteiger partial charge on any atom is -0.385 e. The van der Waals surface area contributed by atoms with E-state index < -0.39 is 6.10 Å². The second-order valence-electron chi connectivity index (χ2n) is 3.45. The van der Waals surface area contributed by atoms with E-state index in [2.05, 4.69) is 15.0 Å². The Labute approximate surface area is 89.6 Å². The summed E-state index contributed by atoms with van der Waals surface area (Å²) < 4.78 is 1.07. The zero-order valence-corrected chi connectivity index (χ0v) is 8.88. The first kappa shape index (κ1) is 8.82. The molecular weight excluding hydrogens is 210 g/mol. The minimum absolute atomic E-state index is 0.576. The number of fused-ring (bicyclic) bond motifs is 3. The van der Waals surface area contributed by atoms with Crippen molar-refractivity contribution in [1.82, 2.24) is 15.0 Å².